The Hall–Kier alpha value is -1.75. The Bertz CT molecular complexity index is 524. The Morgan fingerprint density at radius 2 is 2.06 bits per heavy atom. The van der Waals surface area contributed by atoms with Crippen molar-refractivity contribution >= 4 is 23.4 Å². The molecule has 0 bridgehead atoms. The number of aliphatic carboxylic acids is 1. The molecule has 0 fully saturated rings. The van der Waals surface area contributed by atoms with E-state index in [2.05, 4.69) is 0 Å². The van der Waals surface area contributed by atoms with Gasteiger partial charge in [-0.15, -0.1) is 0 Å². The van der Waals surface area contributed by atoms with Crippen molar-refractivity contribution in [3.05, 3.63) is 22.2 Å². The quantitative estimate of drug-likeness (QED) is 0.671. The highest BCUT2D eigenvalue weighted by Crippen LogP contribution is 2.41. The predicted molar refractivity (Wildman–Crippen MR) is 63.8 cm³/mol. The number of carboxylic acid groups (broad SMARTS) is 1. The summed E-state index contributed by atoms with van der Waals surface area (Å²) in [5, 5.41) is 9.04. The minimum absolute atomic E-state index is 0.0549. The van der Waals surface area contributed by atoms with Crippen LogP contribution < -0.4 is 9.47 Å². The average molecular weight is 271 g/mol. The Balaban J connectivity index is 2.62. The molecule has 5 nitrogen and oxygen atoms in total. The highest BCUT2D eigenvalue weighted by molar-refractivity contribution is 6.41. The first kappa shape index (κ1) is 12.7. The van der Waals surface area contributed by atoms with Gasteiger partial charge in [0.25, 0.3) is 5.78 Å². The maximum Gasteiger partial charge on any atom is 0.377 e. The Morgan fingerprint density at radius 3 is 2.67 bits per heavy atom. The third-order valence-electron chi connectivity index (χ3n) is 2.67. The SMILES string of the molecule is CCc1c(C(=O)C(=O)O)cc2c(c1Cl)OCCO2. The van der Waals surface area contributed by atoms with Crippen LogP contribution in [-0.4, -0.2) is 30.1 Å². The van der Waals surface area contributed by atoms with Crippen molar-refractivity contribution in [2.24, 2.45) is 0 Å². The summed E-state index contributed by atoms with van der Waals surface area (Å²) in [6.07, 6.45) is 0.434. The van der Waals surface area contributed by atoms with Crippen molar-refractivity contribution in [2.75, 3.05) is 13.2 Å². The molecule has 0 radical (unpaired) electrons. The third kappa shape index (κ3) is 2.01. The predicted octanol–water partition coefficient (Wildman–Crippen LogP) is 1.94. The van der Waals surface area contributed by atoms with E-state index < -0.39 is 11.8 Å². The van der Waals surface area contributed by atoms with Crippen molar-refractivity contribution in [3.8, 4) is 11.5 Å². The molecule has 0 aliphatic carbocycles. The van der Waals surface area contributed by atoms with Crippen LogP contribution in [0.25, 0.3) is 0 Å². The Labute approximate surface area is 108 Å². The van der Waals surface area contributed by atoms with E-state index in [9.17, 15) is 9.59 Å². The summed E-state index contributed by atoms with van der Waals surface area (Å²) < 4.78 is 10.7. The van der Waals surface area contributed by atoms with Gasteiger partial charge in [-0.1, -0.05) is 18.5 Å². The smallest absolute Gasteiger partial charge is 0.377 e. The van der Waals surface area contributed by atoms with Crippen LogP contribution in [0.3, 0.4) is 0 Å². The zero-order chi connectivity index (χ0) is 13.3. The molecule has 1 N–H and O–H groups in total. The van der Waals surface area contributed by atoms with Crippen LogP contribution in [0.15, 0.2) is 6.07 Å². The van der Waals surface area contributed by atoms with Crippen molar-refractivity contribution in [1.29, 1.82) is 0 Å². The molecule has 2 rings (SSSR count). The highest BCUT2D eigenvalue weighted by atomic mass is 35.5. The molecule has 0 atom stereocenters. The first-order valence-corrected chi connectivity index (χ1v) is 5.82. The average Bonchev–Trinajstić information content (AvgIpc) is 2.37. The number of carbonyl (C=O) groups excluding carboxylic acids is 1. The van der Waals surface area contributed by atoms with Gasteiger partial charge in [0.2, 0.25) is 0 Å². The van der Waals surface area contributed by atoms with Gasteiger partial charge in [0.15, 0.2) is 11.5 Å². The first-order chi connectivity index (χ1) is 8.56. The molecule has 1 aliphatic heterocycles. The summed E-state index contributed by atoms with van der Waals surface area (Å²) in [5.74, 6) is -1.82. The number of hydrogen-bond donors (Lipinski definition) is 1. The molecular formula is C12H11ClO5. The van der Waals surface area contributed by atoms with Gasteiger partial charge in [-0.25, -0.2) is 4.79 Å². The molecule has 6 heteroatoms. The summed E-state index contributed by atoms with van der Waals surface area (Å²) in [7, 11) is 0. The monoisotopic (exact) mass is 270 g/mol. The Morgan fingerprint density at radius 1 is 1.39 bits per heavy atom. The summed E-state index contributed by atoms with van der Waals surface area (Å²) in [5.41, 5.74) is 0.521. The molecule has 0 amide bonds. The lowest BCUT2D eigenvalue weighted by atomic mass is 10.00. The number of ketones is 1. The minimum atomic E-state index is -1.52. The van der Waals surface area contributed by atoms with Crippen LogP contribution in [-0.2, 0) is 11.2 Å². The van der Waals surface area contributed by atoms with Crippen LogP contribution in [0.1, 0.15) is 22.8 Å². The molecule has 18 heavy (non-hydrogen) atoms. The molecule has 0 aromatic heterocycles. The molecular weight excluding hydrogens is 260 g/mol. The fourth-order valence-electron chi connectivity index (χ4n) is 1.85. The topological polar surface area (TPSA) is 72.8 Å². The maximum absolute atomic E-state index is 11.6. The van der Waals surface area contributed by atoms with Gasteiger partial charge in [-0.3, -0.25) is 4.79 Å². The van der Waals surface area contributed by atoms with Crippen molar-refractivity contribution < 1.29 is 24.2 Å². The van der Waals surface area contributed by atoms with Crippen molar-refractivity contribution in [1.82, 2.24) is 0 Å². The van der Waals surface area contributed by atoms with Crippen LogP contribution in [0.5, 0.6) is 11.5 Å². The second kappa shape index (κ2) is 4.86. The van der Waals surface area contributed by atoms with Gasteiger partial charge in [-0.2, -0.15) is 0 Å². The van der Waals surface area contributed by atoms with Crippen LogP contribution >= 0.6 is 11.6 Å². The van der Waals surface area contributed by atoms with E-state index in [1.54, 1.807) is 6.92 Å². The standard InChI is InChI=1S/C12H11ClO5/c1-2-6-7(10(14)12(15)16)5-8-11(9(6)13)18-4-3-17-8/h5H,2-4H2,1H3,(H,15,16). The lowest BCUT2D eigenvalue weighted by molar-refractivity contribution is -0.131. The normalized spacial score (nSPS) is 13.2. The van der Waals surface area contributed by atoms with Gasteiger partial charge in [0.05, 0.1) is 5.02 Å². The molecule has 0 saturated carbocycles. The third-order valence-corrected chi connectivity index (χ3v) is 3.07. The maximum atomic E-state index is 11.6. The highest BCUT2D eigenvalue weighted by Gasteiger charge is 2.26. The van der Waals surface area contributed by atoms with Crippen molar-refractivity contribution in [3.63, 3.8) is 0 Å². The fraction of sp³-hybridized carbons (Fsp3) is 0.333. The summed E-state index contributed by atoms with van der Waals surface area (Å²) >= 11 is 6.13. The van der Waals surface area contributed by atoms with E-state index in [1.165, 1.54) is 6.07 Å². The van der Waals surface area contributed by atoms with Gasteiger partial charge in [0, 0.05) is 5.56 Å². The molecule has 0 saturated heterocycles. The number of benzene rings is 1. The zero-order valence-electron chi connectivity index (χ0n) is 9.66. The van der Waals surface area contributed by atoms with E-state index in [-0.39, 0.29) is 10.6 Å². The van der Waals surface area contributed by atoms with E-state index in [0.29, 0.717) is 36.7 Å². The van der Waals surface area contributed by atoms with E-state index in [4.69, 9.17) is 26.2 Å². The summed E-state index contributed by atoms with van der Waals surface area (Å²) in [6.45, 7) is 2.51. The van der Waals surface area contributed by atoms with Crippen LogP contribution in [0.2, 0.25) is 5.02 Å². The number of Topliss-reactive ketones (excluding diaryl/α,β-unsaturated/α-hetero) is 1. The minimum Gasteiger partial charge on any atom is -0.486 e. The van der Waals surface area contributed by atoms with Gasteiger partial charge < -0.3 is 14.6 Å². The van der Waals surface area contributed by atoms with Crippen molar-refractivity contribution in [2.45, 2.75) is 13.3 Å². The number of ether oxygens (including phenoxy) is 2. The molecule has 0 spiro atoms. The molecule has 0 unspecified atom stereocenters. The Kier molecular flexibility index (Phi) is 3.43. The zero-order valence-corrected chi connectivity index (χ0v) is 10.4. The number of rotatable bonds is 3. The molecule has 1 aromatic carbocycles. The summed E-state index contributed by atoms with van der Waals surface area (Å²) in [6, 6.07) is 1.38. The van der Waals surface area contributed by atoms with E-state index in [0.717, 1.165) is 0 Å². The number of carboxylic acids is 1. The fourth-order valence-corrected chi connectivity index (χ4v) is 2.23. The van der Waals surface area contributed by atoms with Gasteiger partial charge in [-0.05, 0) is 18.1 Å². The molecule has 96 valence electrons. The molecule has 1 aromatic rings. The second-order valence-corrected chi connectivity index (χ2v) is 4.11. The van der Waals surface area contributed by atoms with Crippen LogP contribution in [0.4, 0.5) is 0 Å². The van der Waals surface area contributed by atoms with Gasteiger partial charge >= 0.3 is 5.97 Å². The lowest BCUT2D eigenvalue weighted by Crippen LogP contribution is -2.19. The number of hydrogen-bond acceptors (Lipinski definition) is 4. The summed E-state index contributed by atoms with van der Waals surface area (Å²) in [4.78, 5) is 22.4. The number of fused-ring (bicyclic) bond motifs is 1. The number of halogens is 1. The van der Waals surface area contributed by atoms with E-state index in [1.807, 2.05) is 0 Å². The molecule has 1 heterocycles. The first-order valence-electron chi connectivity index (χ1n) is 5.44. The lowest BCUT2D eigenvalue weighted by Gasteiger charge is -2.22. The molecule has 1 aliphatic rings. The largest absolute Gasteiger partial charge is 0.486 e. The van der Waals surface area contributed by atoms with E-state index >= 15 is 0 Å². The van der Waals surface area contributed by atoms with Crippen LogP contribution in [0, 0.1) is 0 Å². The van der Waals surface area contributed by atoms with Gasteiger partial charge in [0.1, 0.15) is 13.2 Å². The second-order valence-electron chi connectivity index (χ2n) is 3.73. The number of carbonyl (C=O) groups is 2.